The molecule has 0 aromatic rings. The minimum Gasteiger partial charge on any atom is -0.358 e. The number of nitrogens with two attached hydrogens (primary N) is 1. The lowest BCUT2D eigenvalue weighted by Gasteiger charge is -2.05. The zero-order valence-corrected chi connectivity index (χ0v) is 13.2. The van der Waals surface area contributed by atoms with E-state index in [-0.39, 0.29) is 50.4 Å². The minimum atomic E-state index is -0.400. The van der Waals surface area contributed by atoms with Crippen molar-refractivity contribution >= 4 is 29.9 Å². The van der Waals surface area contributed by atoms with Gasteiger partial charge in [-0.05, 0) is 7.05 Å². The van der Waals surface area contributed by atoms with Gasteiger partial charge in [-0.15, -0.1) is 0 Å². The number of carbonyl (C=O) groups is 5. The van der Waals surface area contributed by atoms with Gasteiger partial charge < -0.3 is 37.1 Å². The molecule has 0 aliphatic carbocycles. The quantitative estimate of drug-likeness (QED) is 0.231. The molecular weight excluding hydrogens is 308 g/mol. The first-order valence-corrected chi connectivity index (χ1v) is 6.70. The summed E-state index contributed by atoms with van der Waals surface area (Å²) in [6, 6.07) is 0. The summed E-state index contributed by atoms with van der Waals surface area (Å²) in [7, 11) is 3.11. The molecule has 0 unspecified atom stereocenters. The first-order chi connectivity index (χ1) is 10.9. The van der Waals surface area contributed by atoms with Gasteiger partial charge in [-0.25, -0.2) is 0 Å². The van der Waals surface area contributed by atoms with Gasteiger partial charge in [0.15, 0.2) is 0 Å². The summed E-state index contributed by atoms with van der Waals surface area (Å²) < 4.78 is 0. The zero-order valence-electron chi connectivity index (χ0n) is 13.2. The van der Waals surface area contributed by atoms with Crippen molar-refractivity contribution in [1.29, 1.82) is 0 Å². The molecule has 0 bridgehead atoms. The summed E-state index contributed by atoms with van der Waals surface area (Å²) in [4.78, 5) is 52.4. The summed E-state index contributed by atoms with van der Waals surface area (Å²) in [5, 5.41) is 12.0. The summed E-state index contributed by atoms with van der Waals surface area (Å²) in [5.41, 5.74) is 4.88. The van der Waals surface area contributed by atoms with Gasteiger partial charge in [-0.3, -0.25) is 19.2 Å². The SMILES string of the molecule is CNCC(=O)NCC(=O)NCC(=O)NC.NCC(=O)NCC=O. The minimum absolute atomic E-state index is 0.0516. The molecule has 0 aliphatic heterocycles. The number of hydrogen-bond acceptors (Lipinski definition) is 7. The van der Waals surface area contributed by atoms with Crippen LogP contribution >= 0.6 is 0 Å². The lowest BCUT2D eigenvalue weighted by Crippen LogP contribution is -2.42. The number of hydrogen-bond donors (Lipinski definition) is 6. The Morgan fingerprint density at radius 1 is 0.826 bits per heavy atom. The molecule has 23 heavy (non-hydrogen) atoms. The van der Waals surface area contributed by atoms with Crippen LogP contribution in [0.5, 0.6) is 0 Å². The monoisotopic (exact) mass is 332 g/mol. The molecule has 0 fully saturated rings. The predicted octanol–water partition coefficient (Wildman–Crippen LogP) is -4.56. The van der Waals surface area contributed by atoms with Crippen LogP contribution in [-0.2, 0) is 24.0 Å². The van der Waals surface area contributed by atoms with E-state index in [1.54, 1.807) is 7.05 Å². The Hall–Kier alpha value is -2.53. The summed E-state index contributed by atoms with van der Waals surface area (Å²) in [6.45, 7) is -0.0681. The van der Waals surface area contributed by atoms with E-state index >= 15 is 0 Å². The molecular formula is C12H24N6O5. The van der Waals surface area contributed by atoms with Crippen LogP contribution in [0.3, 0.4) is 0 Å². The van der Waals surface area contributed by atoms with Crippen LogP contribution in [0.15, 0.2) is 0 Å². The maximum atomic E-state index is 11.0. The summed E-state index contributed by atoms with van der Waals surface area (Å²) in [5.74, 6) is -1.27. The van der Waals surface area contributed by atoms with Crippen molar-refractivity contribution < 1.29 is 24.0 Å². The van der Waals surface area contributed by atoms with Crippen LogP contribution in [0.2, 0.25) is 0 Å². The first kappa shape index (κ1) is 22.7. The molecule has 0 spiro atoms. The van der Waals surface area contributed by atoms with Gasteiger partial charge in [0.05, 0.1) is 32.7 Å². The smallest absolute Gasteiger partial charge is 0.239 e. The van der Waals surface area contributed by atoms with Crippen molar-refractivity contribution in [3.8, 4) is 0 Å². The maximum Gasteiger partial charge on any atom is 0.239 e. The van der Waals surface area contributed by atoms with Gasteiger partial charge in [0.1, 0.15) is 6.29 Å². The lowest BCUT2D eigenvalue weighted by atomic mass is 10.5. The van der Waals surface area contributed by atoms with E-state index < -0.39 is 5.91 Å². The molecule has 7 N–H and O–H groups in total. The van der Waals surface area contributed by atoms with Gasteiger partial charge >= 0.3 is 0 Å². The van der Waals surface area contributed by atoms with E-state index in [4.69, 9.17) is 5.73 Å². The van der Waals surface area contributed by atoms with Crippen LogP contribution in [-0.4, -0.2) is 76.7 Å². The average molecular weight is 332 g/mol. The normalized spacial score (nSPS) is 8.83. The summed E-state index contributed by atoms with van der Waals surface area (Å²) in [6.07, 6.45) is 0.605. The van der Waals surface area contributed by atoms with Gasteiger partial charge in [-0.2, -0.15) is 0 Å². The Bertz CT molecular complexity index is 401. The molecule has 11 nitrogen and oxygen atoms in total. The number of carbonyl (C=O) groups excluding carboxylic acids is 5. The number of amides is 4. The highest BCUT2D eigenvalue weighted by Crippen LogP contribution is 1.67. The molecule has 4 amide bonds. The van der Waals surface area contributed by atoms with Crippen LogP contribution in [0, 0.1) is 0 Å². The molecule has 11 heteroatoms. The first-order valence-electron chi connectivity index (χ1n) is 6.70. The van der Waals surface area contributed by atoms with Crippen LogP contribution in [0.25, 0.3) is 0 Å². The second-order valence-electron chi connectivity index (χ2n) is 3.93. The number of rotatable bonds is 9. The zero-order chi connectivity index (χ0) is 18.1. The molecule has 0 aromatic carbocycles. The molecule has 0 aliphatic rings. The molecule has 0 aromatic heterocycles. The molecule has 0 saturated carbocycles. The fourth-order valence-corrected chi connectivity index (χ4v) is 0.959. The highest BCUT2D eigenvalue weighted by atomic mass is 16.2. The number of likely N-dealkylation sites (N-methyl/N-ethyl adjacent to an activating group) is 2. The third-order valence-electron chi connectivity index (χ3n) is 2.08. The van der Waals surface area contributed by atoms with E-state index in [9.17, 15) is 24.0 Å². The van der Waals surface area contributed by atoms with E-state index in [2.05, 4.69) is 26.6 Å². The third kappa shape index (κ3) is 17.4. The van der Waals surface area contributed by atoms with Gasteiger partial charge in [-0.1, -0.05) is 0 Å². The second kappa shape index (κ2) is 15.9. The topological polar surface area (TPSA) is 172 Å². The number of nitrogens with one attached hydrogen (secondary N) is 5. The number of aldehydes is 1. The van der Waals surface area contributed by atoms with Crippen LogP contribution < -0.4 is 32.3 Å². The standard InChI is InChI=1S/C8H16N4O3.C4H8N2O2/c1-9-3-7(14)12-5-8(15)11-4-6(13)10-2;5-3-4(8)6-1-2-7/h9H,3-5H2,1-2H3,(H,10,13)(H,11,15)(H,12,14);2H,1,3,5H2,(H,6,8). The Morgan fingerprint density at radius 3 is 1.78 bits per heavy atom. The van der Waals surface area contributed by atoms with Gasteiger partial charge in [0.25, 0.3) is 0 Å². The maximum absolute atomic E-state index is 11.0. The van der Waals surface area contributed by atoms with Gasteiger partial charge in [0.2, 0.25) is 23.6 Å². The molecule has 0 atom stereocenters. The average Bonchev–Trinajstić information content (AvgIpc) is 2.56. The highest BCUT2D eigenvalue weighted by molar-refractivity contribution is 5.88. The second-order valence-corrected chi connectivity index (χ2v) is 3.93. The van der Waals surface area contributed by atoms with Crippen molar-refractivity contribution in [1.82, 2.24) is 26.6 Å². The van der Waals surface area contributed by atoms with Gasteiger partial charge in [0, 0.05) is 7.05 Å². The Labute approximate surface area is 134 Å². The van der Waals surface area contributed by atoms with Crippen molar-refractivity contribution in [2.75, 3.05) is 46.8 Å². The molecule has 132 valence electrons. The van der Waals surface area contributed by atoms with E-state index in [1.165, 1.54) is 7.05 Å². The van der Waals surface area contributed by atoms with Crippen LogP contribution in [0.1, 0.15) is 0 Å². The predicted molar refractivity (Wildman–Crippen MR) is 82.1 cm³/mol. The van der Waals surface area contributed by atoms with Crippen molar-refractivity contribution in [2.24, 2.45) is 5.73 Å². The van der Waals surface area contributed by atoms with Crippen molar-refractivity contribution in [3.63, 3.8) is 0 Å². The third-order valence-corrected chi connectivity index (χ3v) is 2.08. The summed E-state index contributed by atoms with van der Waals surface area (Å²) >= 11 is 0. The lowest BCUT2D eigenvalue weighted by molar-refractivity contribution is -0.127. The molecule has 0 radical (unpaired) electrons. The van der Waals surface area contributed by atoms with E-state index in [0.29, 0.717) is 6.29 Å². The Morgan fingerprint density at radius 2 is 1.35 bits per heavy atom. The fraction of sp³-hybridized carbons (Fsp3) is 0.583. The Kier molecular flexibility index (Phi) is 15.7. The Balaban J connectivity index is 0. The van der Waals surface area contributed by atoms with Crippen molar-refractivity contribution in [2.45, 2.75) is 0 Å². The van der Waals surface area contributed by atoms with E-state index in [1.807, 2.05) is 0 Å². The molecule has 0 saturated heterocycles. The largest absolute Gasteiger partial charge is 0.358 e. The highest BCUT2D eigenvalue weighted by Gasteiger charge is 2.05. The molecule has 0 heterocycles. The fourth-order valence-electron chi connectivity index (χ4n) is 0.959. The van der Waals surface area contributed by atoms with Crippen molar-refractivity contribution in [3.05, 3.63) is 0 Å². The molecule has 0 rings (SSSR count). The van der Waals surface area contributed by atoms with E-state index in [0.717, 1.165) is 0 Å². The van der Waals surface area contributed by atoms with Crippen LogP contribution in [0.4, 0.5) is 0 Å².